The van der Waals surface area contributed by atoms with Crippen molar-refractivity contribution in [3.63, 3.8) is 0 Å². The molecule has 0 spiro atoms. The van der Waals surface area contributed by atoms with Gasteiger partial charge in [0.2, 0.25) is 0 Å². The van der Waals surface area contributed by atoms with Crippen molar-refractivity contribution in [2.45, 2.75) is 33.1 Å². The van der Waals surface area contributed by atoms with E-state index < -0.39 is 0 Å². The van der Waals surface area contributed by atoms with Gasteiger partial charge in [-0.05, 0) is 66.5 Å². The molecule has 0 fully saturated rings. The fourth-order valence-electron chi connectivity index (χ4n) is 4.01. The lowest BCUT2D eigenvalue weighted by atomic mass is 9.94. The number of fused-ring (bicyclic) bond motifs is 1. The molecule has 2 aliphatic rings. The van der Waals surface area contributed by atoms with E-state index >= 15 is 0 Å². The van der Waals surface area contributed by atoms with E-state index in [1.165, 1.54) is 52.8 Å². The van der Waals surface area contributed by atoms with Crippen LogP contribution in [0.3, 0.4) is 0 Å². The first-order chi connectivity index (χ1) is 12.2. The summed E-state index contributed by atoms with van der Waals surface area (Å²) in [6, 6.07) is 15.9. The molecule has 0 N–H and O–H groups in total. The number of allylic oxidation sites excluding steroid dienone is 2. The maximum absolute atomic E-state index is 2.56. The summed E-state index contributed by atoms with van der Waals surface area (Å²) in [5, 5.41) is 0. The van der Waals surface area contributed by atoms with Crippen molar-refractivity contribution in [1.82, 2.24) is 0 Å². The van der Waals surface area contributed by atoms with E-state index in [4.69, 9.17) is 0 Å². The normalized spacial score (nSPS) is 19.5. The molecule has 1 atom stereocenters. The molecule has 2 aromatic carbocycles. The van der Waals surface area contributed by atoms with Crippen molar-refractivity contribution >= 4 is 5.69 Å². The molecule has 4 rings (SSSR count). The average molecular weight is 329 g/mol. The second kappa shape index (κ2) is 6.92. The summed E-state index contributed by atoms with van der Waals surface area (Å²) < 4.78 is 0. The Labute approximate surface area is 151 Å². The molecule has 1 aliphatic heterocycles. The molecule has 0 bridgehead atoms. The summed E-state index contributed by atoms with van der Waals surface area (Å²) in [5.74, 6) is 0.674. The van der Waals surface area contributed by atoms with Crippen LogP contribution in [0.4, 0.5) is 5.69 Å². The molecule has 1 heterocycles. The molecule has 0 aromatic heterocycles. The lowest BCUT2D eigenvalue weighted by Gasteiger charge is -2.32. The third kappa shape index (κ3) is 3.56. The van der Waals surface area contributed by atoms with Gasteiger partial charge in [0.15, 0.2) is 0 Å². The van der Waals surface area contributed by atoms with Crippen LogP contribution in [0.1, 0.15) is 30.9 Å². The number of aryl methyl sites for hydroxylation is 2. The third-order valence-corrected chi connectivity index (χ3v) is 5.39. The molecular formula is C24H27N. The monoisotopic (exact) mass is 329 g/mol. The van der Waals surface area contributed by atoms with Crippen LogP contribution in [-0.4, -0.2) is 13.1 Å². The van der Waals surface area contributed by atoms with Crippen LogP contribution in [0.5, 0.6) is 0 Å². The van der Waals surface area contributed by atoms with Crippen LogP contribution in [0.25, 0.3) is 11.1 Å². The fraction of sp³-hybridized carbons (Fsp3) is 0.333. The van der Waals surface area contributed by atoms with Gasteiger partial charge in [0.1, 0.15) is 0 Å². The summed E-state index contributed by atoms with van der Waals surface area (Å²) in [6.45, 7) is 6.65. The molecular weight excluding hydrogens is 302 g/mol. The van der Waals surface area contributed by atoms with Gasteiger partial charge in [-0.3, -0.25) is 0 Å². The summed E-state index contributed by atoms with van der Waals surface area (Å²) >= 11 is 0. The zero-order valence-corrected chi connectivity index (χ0v) is 15.3. The summed E-state index contributed by atoms with van der Waals surface area (Å²) in [7, 11) is 0. The molecule has 25 heavy (non-hydrogen) atoms. The highest BCUT2D eigenvalue weighted by atomic mass is 15.1. The van der Waals surface area contributed by atoms with E-state index in [0.717, 1.165) is 13.1 Å². The van der Waals surface area contributed by atoms with Crippen molar-refractivity contribution in [2.75, 3.05) is 18.0 Å². The Morgan fingerprint density at radius 1 is 1.04 bits per heavy atom. The predicted octanol–water partition coefficient (Wildman–Crippen LogP) is 5.94. The van der Waals surface area contributed by atoms with Crippen molar-refractivity contribution in [3.8, 4) is 11.1 Å². The highest BCUT2D eigenvalue weighted by Crippen LogP contribution is 2.32. The SMILES string of the molecule is Cc1ccc(-c2ccc3c(c2)CCCN3CC2=CC(C)CC=C2)cc1. The Morgan fingerprint density at radius 3 is 2.64 bits per heavy atom. The molecule has 1 nitrogen and oxygen atoms in total. The standard InChI is InChI=1S/C24H27N/c1-18-8-10-21(11-9-18)22-12-13-24-23(16-22)7-4-14-25(24)17-20-6-3-5-19(2)15-20/h3,6,8-13,15-16,19H,4-5,7,14,17H2,1-2H3. The largest absolute Gasteiger partial charge is 0.367 e. The Hall–Kier alpha value is -2.28. The Bertz CT molecular complexity index is 810. The van der Waals surface area contributed by atoms with E-state index in [2.05, 4.69) is 79.4 Å². The summed E-state index contributed by atoms with van der Waals surface area (Å²) in [5.41, 5.74) is 8.36. The van der Waals surface area contributed by atoms with Crippen LogP contribution in [0.15, 0.2) is 66.3 Å². The average Bonchev–Trinajstić information content (AvgIpc) is 2.62. The first-order valence-electron chi connectivity index (χ1n) is 9.51. The minimum absolute atomic E-state index is 0.674. The lowest BCUT2D eigenvalue weighted by molar-refractivity contribution is 0.696. The molecule has 128 valence electrons. The van der Waals surface area contributed by atoms with Crippen molar-refractivity contribution in [1.29, 1.82) is 0 Å². The highest BCUT2D eigenvalue weighted by Gasteiger charge is 2.18. The maximum atomic E-state index is 2.56. The molecule has 0 amide bonds. The van der Waals surface area contributed by atoms with Crippen molar-refractivity contribution < 1.29 is 0 Å². The number of nitrogens with zero attached hydrogens (tertiary/aromatic N) is 1. The van der Waals surface area contributed by atoms with Crippen LogP contribution >= 0.6 is 0 Å². The molecule has 1 heteroatoms. The van der Waals surface area contributed by atoms with Crippen LogP contribution in [0, 0.1) is 12.8 Å². The van der Waals surface area contributed by atoms with Crippen LogP contribution in [-0.2, 0) is 6.42 Å². The predicted molar refractivity (Wildman–Crippen MR) is 108 cm³/mol. The first-order valence-corrected chi connectivity index (χ1v) is 9.51. The Morgan fingerprint density at radius 2 is 1.84 bits per heavy atom. The molecule has 2 aromatic rings. The molecule has 0 saturated carbocycles. The van der Waals surface area contributed by atoms with Gasteiger partial charge in [-0.15, -0.1) is 0 Å². The van der Waals surface area contributed by atoms with Crippen molar-refractivity contribution in [3.05, 3.63) is 77.4 Å². The lowest BCUT2D eigenvalue weighted by Crippen LogP contribution is -2.31. The minimum Gasteiger partial charge on any atom is -0.367 e. The topological polar surface area (TPSA) is 3.24 Å². The third-order valence-electron chi connectivity index (χ3n) is 5.39. The zero-order valence-electron chi connectivity index (χ0n) is 15.3. The Kier molecular flexibility index (Phi) is 4.48. The van der Waals surface area contributed by atoms with Gasteiger partial charge in [0.25, 0.3) is 0 Å². The van der Waals surface area contributed by atoms with Gasteiger partial charge in [-0.1, -0.05) is 61.0 Å². The maximum Gasteiger partial charge on any atom is 0.0426 e. The molecule has 0 radical (unpaired) electrons. The van der Waals surface area contributed by atoms with Crippen LogP contribution < -0.4 is 4.90 Å². The second-order valence-electron chi connectivity index (χ2n) is 7.59. The molecule has 1 unspecified atom stereocenters. The van der Waals surface area contributed by atoms with Crippen molar-refractivity contribution in [2.24, 2.45) is 5.92 Å². The smallest absolute Gasteiger partial charge is 0.0426 e. The number of benzene rings is 2. The fourth-order valence-corrected chi connectivity index (χ4v) is 4.01. The second-order valence-corrected chi connectivity index (χ2v) is 7.59. The molecule has 0 saturated heterocycles. The van der Waals surface area contributed by atoms with E-state index in [1.807, 2.05) is 0 Å². The quantitative estimate of drug-likeness (QED) is 0.674. The van der Waals surface area contributed by atoms with Gasteiger partial charge in [-0.25, -0.2) is 0 Å². The summed E-state index contributed by atoms with van der Waals surface area (Å²) in [4.78, 5) is 2.56. The van der Waals surface area contributed by atoms with E-state index in [9.17, 15) is 0 Å². The van der Waals surface area contributed by atoms with E-state index in [-0.39, 0.29) is 0 Å². The zero-order chi connectivity index (χ0) is 17.2. The van der Waals surface area contributed by atoms with Gasteiger partial charge in [-0.2, -0.15) is 0 Å². The van der Waals surface area contributed by atoms with Gasteiger partial charge >= 0.3 is 0 Å². The minimum atomic E-state index is 0.674. The van der Waals surface area contributed by atoms with Gasteiger partial charge < -0.3 is 4.90 Å². The first kappa shape index (κ1) is 16.2. The van der Waals surface area contributed by atoms with E-state index in [0.29, 0.717) is 5.92 Å². The molecule has 1 aliphatic carbocycles. The summed E-state index contributed by atoms with van der Waals surface area (Å²) in [6.07, 6.45) is 10.7. The van der Waals surface area contributed by atoms with Crippen LogP contribution in [0.2, 0.25) is 0 Å². The van der Waals surface area contributed by atoms with E-state index in [1.54, 1.807) is 0 Å². The highest BCUT2D eigenvalue weighted by molar-refractivity contribution is 5.70. The number of hydrogen-bond donors (Lipinski definition) is 0. The number of rotatable bonds is 3. The number of anilines is 1. The Balaban J connectivity index is 1.60. The number of hydrogen-bond acceptors (Lipinski definition) is 1. The van der Waals surface area contributed by atoms with Gasteiger partial charge in [0, 0.05) is 18.8 Å². The van der Waals surface area contributed by atoms with Gasteiger partial charge in [0.05, 0.1) is 0 Å².